The number of nitrogens with one attached hydrogen (secondary N) is 1. The summed E-state index contributed by atoms with van der Waals surface area (Å²) in [5, 5.41) is 1.02. The highest BCUT2D eigenvalue weighted by molar-refractivity contribution is 5.98. The van der Waals surface area contributed by atoms with Crippen molar-refractivity contribution in [2.75, 3.05) is 18.9 Å². The topological polar surface area (TPSA) is 89.4 Å². The van der Waals surface area contributed by atoms with E-state index in [1.54, 1.807) is 12.2 Å². The molecule has 1 aromatic heterocycles. The molecule has 5 heteroatoms. The molecule has 0 amide bonds. The van der Waals surface area contributed by atoms with Gasteiger partial charge in [0.15, 0.2) is 0 Å². The van der Waals surface area contributed by atoms with Crippen LogP contribution < -0.4 is 11.5 Å². The van der Waals surface area contributed by atoms with Crippen LogP contribution in [0.2, 0.25) is 0 Å². The Morgan fingerprint density at radius 3 is 2.82 bits per heavy atom. The first-order valence-electron chi connectivity index (χ1n) is 7.28. The Kier molecular flexibility index (Phi) is 7.33. The minimum Gasteiger partial charge on any atom is -0.472 e. The number of H-pyrrole nitrogens is 1. The molecular formula is C17H24N4O. The molecule has 0 saturated heterocycles. The molecule has 0 fully saturated rings. The Morgan fingerprint density at radius 2 is 2.14 bits per heavy atom. The van der Waals surface area contributed by atoms with Crippen LogP contribution >= 0.6 is 0 Å². The largest absolute Gasteiger partial charge is 0.472 e. The van der Waals surface area contributed by atoms with Gasteiger partial charge in [0.05, 0.1) is 6.54 Å². The second-order valence-electron chi connectivity index (χ2n) is 4.20. The maximum atomic E-state index is 5.78. The number of nitrogens with zero attached hydrogens (tertiary/aromatic N) is 1. The average molecular weight is 300 g/mol. The van der Waals surface area contributed by atoms with Crippen LogP contribution in [0.15, 0.2) is 54.2 Å². The van der Waals surface area contributed by atoms with Gasteiger partial charge in [-0.15, -0.1) is 0 Å². The molecule has 0 aliphatic carbocycles. The summed E-state index contributed by atoms with van der Waals surface area (Å²) in [6, 6.07) is 7.64. The molecule has 2 rings (SSSR count). The van der Waals surface area contributed by atoms with Crippen molar-refractivity contribution in [1.29, 1.82) is 0 Å². The lowest BCUT2D eigenvalue weighted by atomic mass is 10.2. The minimum absolute atomic E-state index is 0.392. The zero-order valence-corrected chi connectivity index (χ0v) is 13.2. The van der Waals surface area contributed by atoms with E-state index in [4.69, 9.17) is 16.2 Å². The number of anilines is 1. The number of ether oxygens (including phenoxy) is 1. The third-order valence-corrected chi connectivity index (χ3v) is 2.69. The molecule has 118 valence electrons. The molecule has 0 unspecified atom stereocenters. The maximum absolute atomic E-state index is 5.78. The van der Waals surface area contributed by atoms with Crippen LogP contribution in [-0.2, 0) is 4.74 Å². The van der Waals surface area contributed by atoms with E-state index in [2.05, 4.69) is 16.6 Å². The first-order valence-corrected chi connectivity index (χ1v) is 7.28. The lowest BCUT2D eigenvalue weighted by Gasteiger charge is -2.04. The average Bonchev–Trinajstić information content (AvgIpc) is 2.95. The van der Waals surface area contributed by atoms with Gasteiger partial charge in [0.1, 0.15) is 12.3 Å². The number of aromatic nitrogens is 1. The van der Waals surface area contributed by atoms with Crippen molar-refractivity contribution in [1.82, 2.24) is 4.98 Å². The van der Waals surface area contributed by atoms with Gasteiger partial charge in [0.2, 0.25) is 5.90 Å². The van der Waals surface area contributed by atoms with Crippen molar-refractivity contribution < 1.29 is 4.74 Å². The minimum atomic E-state index is 0.392. The Labute approximate surface area is 131 Å². The molecule has 5 N–H and O–H groups in total. The molecular weight excluding hydrogens is 276 g/mol. The van der Waals surface area contributed by atoms with E-state index in [1.165, 1.54) is 6.20 Å². The van der Waals surface area contributed by atoms with Crippen molar-refractivity contribution in [2.24, 2.45) is 10.7 Å². The van der Waals surface area contributed by atoms with E-state index >= 15 is 0 Å². The quantitative estimate of drug-likeness (QED) is 0.343. The van der Waals surface area contributed by atoms with E-state index in [0.29, 0.717) is 19.0 Å². The molecule has 2 aromatic rings. The molecule has 0 aliphatic rings. The maximum Gasteiger partial charge on any atom is 0.233 e. The molecule has 0 atom stereocenters. The predicted molar refractivity (Wildman–Crippen MR) is 94.9 cm³/mol. The number of nitrogen functional groups attached to an aromatic ring is 1. The summed E-state index contributed by atoms with van der Waals surface area (Å²) in [6.45, 7) is 8.49. The zero-order valence-electron chi connectivity index (χ0n) is 13.2. The molecule has 0 radical (unpaired) electrons. The van der Waals surface area contributed by atoms with E-state index < -0.39 is 0 Å². The van der Waals surface area contributed by atoms with Gasteiger partial charge in [-0.2, -0.15) is 0 Å². The molecule has 1 aromatic carbocycles. The molecule has 0 saturated carbocycles. The highest BCUT2D eigenvalue weighted by Crippen LogP contribution is 2.19. The van der Waals surface area contributed by atoms with E-state index in [0.717, 1.165) is 22.3 Å². The standard InChI is InChI=1S/C15H18N4O.C2H6/c1-2-8-20-15(18-7-3-6-16)14-10-11-9-12(17)4-5-13(11)19-14;1-2/h2-6,9-10,19H,1,7-8,16-17H2;1-2H3/b6-3+,18-15?;. The number of nitrogens with two attached hydrogens (primary N) is 2. The lowest BCUT2D eigenvalue weighted by Crippen LogP contribution is -2.08. The van der Waals surface area contributed by atoms with Crippen LogP contribution in [-0.4, -0.2) is 24.0 Å². The number of fused-ring (bicyclic) bond motifs is 1. The first-order chi connectivity index (χ1) is 10.7. The van der Waals surface area contributed by atoms with Crippen LogP contribution in [0.3, 0.4) is 0 Å². The Morgan fingerprint density at radius 1 is 1.36 bits per heavy atom. The fourth-order valence-electron chi connectivity index (χ4n) is 1.81. The van der Waals surface area contributed by atoms with Crippen LogP contribution in [0, 0.1) is 0 Å². The summed E-state index contributed by atoms with van der Waals surface area (Å²) in [4.78, 5) is 7.61. The normalized spacial score (nSPS) is 11.3. The van der Waals surface area contributed by atoms with Crippen molar-refractivity contribution in [3.8, 4) is 0 Å². The highest BCUT2D eigenvalue weighted by atomic mass is 16.5. The van der Waals surface area contributed by atoms with Crippen LogP contribution in [0.1, 0.15) is 19.5 Å². The molecule has 1 heterocycles. The van der Waals surface area contributed by atoms with Gasteiger partial charge in [-0.25, -0.2) is 4.99 Å². The SMILES string of the molecule is C=CCOC(=NC/C=C/N)c1cc2cc(N)ccc2[nH]1.CC. The Balaban J connectivity index is 0.00000116. The van der Waals surface area contributed by atoms with Gasteiger partial charge in [-0.1, -0.05) is 26.5 Å². The van der Waals surface area contributed by atoms with Gasteiger partial charge >= 0.3 is 0 Å². The second kappa shape index (κ2) is 9.28. The highest BCUT2D eigenvalue weighted by Gasteiger charge is 2.08. The fourth-order valence-corrected chi connectivity index (χ4v) is 1.81. The third kappa shape index (κ3) is 4.70. The van der Waals surface area contributed by atoms with Crippen LogP contribution in [0.25, 0.3) is 10.9 Å². The van der Waals surface area contributed by atoms with E-state index in [9.17, 15) is 0 Å². The summed E-state index contributed by atoms with van der Waals surface area (Å²) in [7, 11) is 0. The lowest BCUT2D eigenvalue weighted by molar-refractivity contribution is 0.350. The Hall–Kier alpha value is -2.69. The molecule has 22 heavy (non-hydrogen) atoms. The van der Waals surface area contributed by atoms with Gasteiger partial charge in [0, 0.05) is 16.6 Å². The van der Waals surface area contributed by atoms with Crippen molar-refractivity contribution >= 4 is 22.5 Å². The monoisotopic (exact) mass is 300 g/mol. The first kappa shape index (κ1) is 17.4. The molecule has 0 spiro atoms. The molecule has 0 bridgehead atoms. The van der Waals surface area contributed by atoms with Crippen molar-refractivity contribution in [3.63, 3.8) is 0 Å². The predicted octanol–water partition coefficient (Wildman–Crippen LogP) is 3.20. The molecule has 0 aliphatic heterocycles. The third-order valence-electron chi connectivity index (χ3n) is 2.69. The Bertz CT molecular complexity index is 656. The smallest absolute Gasteiger partial charge is 0.233 e. The molecule has 5 nitrogen and oxygen atoms in total. The van der Waals surface area contributed by atoms with Gasteiger partial charge in [0.25, 0.3) is 0 Å². The van der Waals surface area contributed by atoms with Crippen molar-refractivity contribution in [2.45, 2.75) is 13.8 Å². The number of hydrogen-bond donors (Lipinski definition) is 3. The summed E-state index contributed by atoms with van der Waals surface area (Å²) >= 11 is 0. The van der Waals surface area contributed by atoms with E-state index in [-0.39, 0.29) is 0 Å². The van der Waals surface area contributed by atoms with Gasteiger partial charge in [-0.05, 0) is 36.5 Å². The number of aromatic amines is 1. The van der Waals surface area contributed by atoms with E-state index in [1.807, 2.05) is 38.1 Å². The van der Waals surface area contributed by atoms with Crippen LogP contribution in [0.5, 0.6) is 0 Å². The second-order valence-corrected chi connectivity index (χ2v) is 4.20. The van der Waals surface area contributed by atoms with Gasteiger partial charge < -0.3 is 21.2 Å². The fraction of sp³-hybridized carbons (Fsp3) is 0.235. The summed E-state index contributed by atoms with van der Waals surface area (Å²) in [5.74, 6) is 0.526. The summed E-state index contributed by atoms with van der Waals surface area (Å²) in [5.41, 5.74) is 13.6. The number of aliphatic imine (C=N–C) groups is 1. The van der Waals surface area contributed by atoms with Crippen molar-refractivity contribution in [3.05, 3.63) is 54.9 Å². The summed E-state index contributed by atoms with van der Waals surface area (Å²) < 4.78 is 5.58. The zero-order chi connectivity index (χ0) is 16.4. The summed E-state index contributed by atoms with van der Waals surface area (Å²) in [6.07, 6.45) is 4.88. The number of benzene rings is 1. The van der Waals surface area contributed by atoms with Crippen LogP contribution in [0.4, 0.5) is 5.69 Å². The number of rotatable bonds is 5. The van der Waals surface area contributed by atoms with Gasteiger partial charge in [-0.3, -0.25) is 0 Å². The number of hydrogen-bond acceptors (Lipinski definition) is 4.